The average molecular weight is 425 g/mol. The minimum absolute atomic E-state index is 0. The van der Waals surface area contributed by atoms with Gasteiger partial charge in [0.1, 0.15) is 11.4 Å². The summed E-state index contributed by atoms with van der Waals surface area (Å²) in [4.78, 5) is 11.1. The molecule has 156 valence electrons. The Bertz CT molecular complexity index is 909. The van der Waals surface area contributed by atoms with E-state index in [0.29, 0.717) is 12.5 Å². The van der Waals surface area contributed by atoms with Crippen LogP contribution in [0, 0.1) is 17.2 Å². The zero-order valence-electron chi connectivity index (χ0n) is 15.4. The second-order valence-corrected chi connectivity index (χ2v) is 7.50. The number of aromatic nitrogens is 2. The van der Waals surface area contributed by atoms with Gasteiger partial charge in [-0.15, -0.1) is 17.5 Å². The van der Waals surface area contributed by atoms with Crippen molar-refractivity contribution in [2.45, 2.75) is 45.5 Å². The van der Waals surface area contributed by atoms with Crippen LogP contribution in [0.3, 0.4) is 0 Å². The number of benzene rings is 1. The summed E-state index contributed by atoms with van der Waals surface area (Å²) in [6.45, 7) is 5.63. The first-order chi connectivity index (χ1) is 12.4. The lowest BCUT2D eigenvalue weighted by atomic mass is 9.56. The number of nitrogens with two attached hydrogens (primary N) is 1. The van der Waals surface area contributed by atoms with Crippen LogP contribution in [0.4, 0.5) is 23.2 Å². The van der Waals surface area contributed by atoms with Gasteiger partial charge in [0.2, 0.25) is 5.89 Å². The van der Waals surface area contributed by atoms with Crippen molar-refractivity contribution >= 4 is 18.1 Å². The standard InChI is InChI=1S/C17H20F4N4O2.ClH/c1-7(9-6-12(22)16(9,2)3)23-11-5-8(14-24-25-15(26)27-14)4-10(18)13(11)17(19,20)21;/h4-5,7,9,12,23H,6,22H2,1-3H3,(H,25,26);1H/t7-,9+,12+;/m0./s1. The Morgan fingerprint density at radius 1 is 1.39 bits per heavy atom. The van der Waals surface area contributed by atoms with Crippen molar-refractivity contribution in [1.82, 2.24) is 10.2 Å². The van der Waals surface area contributed by atoms with Crippen LogP contribution in [-0.4, -0.2) is 22.3 Å². The van der Waals surface area contributed by atoms with Crippen molar-refractivity contribution in [3.8, 4) is 11.5 Å². The number of H-pyrrole nitrogens is 1. The quantitative estimate of drug-likeness (QED) is 0.649. The summed E-state index contributed by atoms with van der Waals surface area (Å²) in [7, 11) is 0. The van der Waals surface area contributed by atoms with Gasteiger partial charge in [0.25, 0.3) is 0 Å². The molecule has 1 aromatic carbocycles. The maximum absolute atomic E-state index is 14.3. The summed E-state index contributed by atoms with van der Waals surface area (Å²) in [5, 5.41) is 8.31. The fraction of sp³-hybridized carbons (Fsp3) is 0.529. The molecule has 28 heavy (non-hydrogen) atoms. The molecule has 3 atom stereocenters. The van der Waals surface area contributed by atoms with E-state index in [9.17, 15) is 22.4 Å². The maximum Gasteiger partial charge on any atom is 0.434 e. The lowest BCUT2D eigenvalue weighted by Gasteiger charge is -2.53. The Labute approximate surface area is 164 Å². The lowest BCUT2D eigenvalue weighted by Crippen LogP contribution is -2.59. The van der Waals surface area contributed by atoms with E-state index in [4.69, 9.17) is 10.2 Å². The fourth-order valence-electron chi connectivity index (χ4n) is 3.68. The monoisotopic (exact) mass is 424 g/mol. The third-order valence-corrected chi connectivity index (χ3v) is 5.46. The highest BCUT2D eigenvalue weighted by Gasteiger charge is 2.49. The Morgan fingerprint density at radius 3 is 2.50 bits per heavy atom. The molecule has 0 aliphatic heterocycles. The second-order valence-electron chi connectivity index (χ2n) is 7.50. The molecular formula is C17H21ClF4N4O2. The first-order valence-corrected chi connectivity index (χ1v) is 8.40. The van der Waals surface area contributed by atoms with Crippen LogP contribution in [0.5, 0.6) is 0 Å². The normalized spacial score (nSPS) is 22.1. The van der Waals surface area contributed by atoms with E-state index in [1.165, 1.54) is 0 Å². The van der Waals surface area contributed by atoms with Crippen LogP contribution in [-0.2, 0) is 6.18 Å². The largest absolute Gasteiger partial charge is 0.434 e. The van der Waals surface area contributed by atoms with Gasteiger partial charge in [-0.2, -0.15) is 13.2 Å². The summed E-state index contributed by atoms with van der Waals surface area (Å²) >= 11 is 0. The SMILES string of the molecule is C[C@H](Nc1cc(-c2n[nH]c(=O)o2)cc(F)c1C(F)(F)F)[C@H]1C[C@@H](N)C1(C)C.Cl. The van der Waals surface area contributed by atoms with Gasteiger partial charge >= 0.3 is 11.9 Å². The van der Waals surface area contributed by atoms with E-state index < -0.39 is 29.0 Å². The van der Waals surface area contributed by atoms with Crippen molar-refractivity contribution in [3.05, 3.63) is 34.1 Å². The predicted molar refractivity (Wildman–Crippen MR) is 97.7 cm³/mol. The van der Waals surface area contributed by atoms with Gasteiger partial charge in [0, 0.05) is 17.6 Å². The van der Waals surface area contributed by atoms with E-state index in [-0.39, 0.29) is 47.3 Å². The summed E-state index contributed by atoms with van der Waals surface area (Å²) in [6.07, 6.45) is -4.25. The van der Waals surface area contributed by atoms with Gasteiger partial charge in [-0.3, -0.25) is 0 Å². The van der Waals surface area contributed by atoms with Gasteiger partial charge in [-0.1, -0.05) is 13.8 Å². The van der Waals surface area contributed by atoms with Crippen LogP contribution in [0.1, 0.15) is 32.8 Å². The Balaban J connectivity index is 0.00000280. The molecule has 0 saturated heterocycles. The topological polar surface area (TPSA) is 96.9 Å². The Kier molecular flexibility index (Phi) is 5.87. The fourth-order valence-corrected chi connectivity index (χ4v) is 3.68. The molecule has 1 aliphatic carbocycles. The van der Waals surface area contributed by atoms with Crippen molar-refractivity contribution in [3.63, 3.8) is 0 Å². The highest BCUT2D eigenvalue weighted by molar-refractivity contribution is 5.85. The van der Waals surface area contributed by atoms with E-state index >= 15 is 0 Å². The number of alkyl halides is 3. The third-order valence-electron chi connectivity index (χ3n) is 5.46. The third kappa shape index (κ3) is 3.88. The molecule has 1 aromatic heterocycles. The molecule has 1 saturated carbocycles. The Hall–Kier alpha value is -2.07. The number of halogens is 5. The predicted octanol–water partition coefficient (Wildman–Crippen LogP) is 3.78. The van der Waals surface area contributed by atoms with Gasteiger partial charge in [0.15, 0.2) is 0 Å². The van der Waals surface area contributed by atoms with Crippen LogP contribution in [0.25, 0.3) is 11.5 Å². The molecule has 0 radical (unpaired) electrons. The van der Waals surface area contributed by atoms with Crippen molar-refractivity contribution in [1.29, 1.82) is 0 Å². The van der Waals surface area contributed by atoms with Gasteiger partial charge < -0.3 is 15.5 Å². The minimum Gasteiger partial charge on any atom is -0.388 e. The number of hydrogen-bond acceptors (Lipinski definition) is 5. The van der Waals surface area contributed by atoms with E-state index in [1.54, 1.807) is 6.92 Å². The molecule has 1 aliphatic rings. The highest BCUT2D eigenvalue weighted by atomic mass is 35.5. The summed E-state index contributed by atoms with van der Waals surface area (Å²) in [5.74, 6) is -2.65. The molecule has 3 rings (SSSR count). The van der Waals surface area contributed by atoms with Crippen LogP contribution in [0.2, 0.25) is 0 Å². The molecule has 4 N–H and O–H groups in total. The molecule has 1 heterocycles. The number of nitrogens with one attached hydrogen (secondary N) is 2. The van der Waals surface area contributed by atoms with Gasteiger partial charge in [0.05, 0.1) is 5.69 Å². The molecule has 1 fully saturated rings. The summed E-state index contributed by atoms with van der Waals surface area (Å²) < 4.78 is 59.3. The molecule has 0 spiro atoms. The lowest BCUT2D eigenvalue weighted by molar-refractivity contribution is -0.139. The summed E-state index contributed by atoms with van der Waals surface area (Å²) in [6, 6.07) is 1.28. The van der Waals surface area contributed by atoms with Gasteiger partial charge in [-0.05, 0) is 36.8 Å². The second kappa shape index (κ2) is 7.40. The number of hydrogen-bond donors (Lipinski definition) is 3. The molecule has 11 heteroatoms. The van der Waals surface area contributed by atoms with Crippen molar-refractivity contribution in [2.24, 2.45) is 17.1 Å². The first kappa shape index (κ1) is 22.2. The molecule has 0 amide bonds. The average Bonchev–Trinajstić information content (AvgIpc) is 2.97. The number of anilines is 1. The molecular weight excluding hydrogens is 404 g/mol. The first-order valence-electron chi connectivity index (χ1n) is 8.40. The Morgan fingerprint density at radius 2 is 2.04 bits per heavy atom. The minimum atomic E-state index is -4.90. The van der Waals surface area contributed by atoms with E-state index in [2.05, 4.69) is 10.4 Å². The number of aromatic amines is 1. The highest BCUT2D eigenvalue weighted by Crippen LogP contribution is 2.48. The van der Waals surface area contributed by atoms with Crippen molar-refractivity contribution in [2.75, 3.05) is 5.32 Å². The van der Waals surface area contributed by atoms with Crippen LogP contribution < -0.4 is 16.8 Å². The van der Waals surface area contributed by atoms with E-state index in [1.807, 2.05) is 18.9 Å². The zero-order valence-corrected chi connectivity index (χ0v) is 16.2. The zero-order chi connectivity index (χ0) is 20.1. The number of rotatable bonds is 4. The molecule has 6 nitrogen and oxygen atoms in total. The maximum atomic E-state index is 14.3. The van der Waals surface area contributed by atoms with Crippen molar-refractivity contribution < 1.29 is 22.0 Å². The smallest absolute Gasteiger partial charge is 0.388 e. The summed E-state index contributed by atoms with van der Waals surface area (Å²) in [5.41, 5.74) is 3.80. The molecule has 2 aromatic rings. The number of nitrogens with zero attached hydrogens (tertiary/aromatic N) is 1. The van der Waals surface area contributed by atoms with Crippen LogP contribution in [0.15, 0.2) is 21.3 Å². The van der Waals surface area contributed by atoms with Crippen LogP contribution >= 0.6 is 12.4 Å². The van der Waals surface area contributed by atoms with E-state index in [0.717, 1.165) is 6.07 Å². The molecule has 0 bridgehead atoms. The van der Waals surface area contributed by atoms with Gasteiger partial charge in [-0.25, -0.2) is 14.3 Å². The molecule has 0 unspecified atom stereocenters.